The molecule has 1 fully saturated rings. The number of sulfonamides is 1. The SMILES string of the molecule is COc1cc(OCCC(=O)NS(=O)(=O)C2CC2)c(-c2cc(=O)c3cccc(Cl)c3o2)cc1OC. The highest BCUT2D eigenvalue weighted by molar-refractivity contribution is 7.90. The van der Waals surface area contributed by atoms with Crippen molar-refractivity contribution in [3.63, 3.8) is 0 Å². The number of benzene rings is 2. The molecule has 1 amide bonds. The van der Waals surface area contributed by atoms with Gasteiger partial charge in [0.2, 0.25) is 15.9 Å². The summed E-state index contributed by atoms with van der Waals surface area (Å²) in [4.78, 5) is 24.8. The number of ether oxygens (including phenoxy) is 3. The number of amides is 1. The van der Waals surface area contributed by atoms with E-state index in [1.165, 1.54) is 26.4 Å². The first kappa shape index (κ1) is 23.9. The van der Waals surface area contributed by atoms with Gasteiger partial charge in [0.1, 0.15) is 11.5 Å². The second-order valence-corrected chi connectivity index (χ2v) is 10.0. The van der Waals surface area contributed by atoms with Crippen LogP contribution in [0.25, 0.3) is 22.3 Å². The minimum atomic E-state index is -3.64. The molecule has 1 N–H and O–H groups in total. The van der Waals surface area contributed by atoms with E-state index in [1.54, 1.807) is 24.3 Å². The largest absolute Gasteiger partial charge is 0.493 e. The Balaban J connectivity index is 1.65. The van der Waals surface area contributed by atoms with Crippen LogP contribution in [0, 0.1) is 0 Å². The Morgan fingerprint density at radius 1 is 1.12 bits per heavy atom. The molecule has 0 bridgehead atoms. The number of nitrogens with one attached hydrogen (secondary N) is 1. The molecular formula is C23H22ClNO8S. The summed E-state index contributed by atoms with van der Waals surface area (Å²) in [6.07, 6.45) is 0.900. The zero-order valence-corrected chi connectivity index (χ0v) is 20.0. The van der Waals surface area contributed by atoms with Crippen LogP contribution in [0.2, 0.25) is 5.02 Å². The predicted octanol–water partition coefficient (Wildman–Crippen LogP) is 3.51. The van der Waals surface area contributed by atoms with Gasteiger partial charge in [-0.3, -0.25) is 14.3 Å². The molecule has 0 aliphatic heterocycles. The van der Waals surface area contributed by atoms with Crippen molar-refractivity contribution in [2.75, 3.05) is 20.8 Å². The minimum Gasteiger partial charge on any atom is -0.493 e. The number of carbonyl (C=O) groups excluding carboxylic acids is 1. The predicted molar refractivity (Wildman–Crippen MR) is 126 cm³/mol. The highest BCUT2D eigenvalue weighted by Crippen LogP contribution is 2.41. The van der Waals surface area contributed by atoms with Crippen LogP contribution in [-0.4, -0.2) is 40.4 Å². The Morgan fingerprint density at radius 3 is 2.50 bits per heavy atom. The fourth-order valence-corrected chi connectivity index (χ4v) is 4.93. The topological polar surface area (TPSA) is 121 Å². The standard InChI is InChI=1S/C23H22ClNO8S/c1-30-20-10-15(19-11-17(26)14-4-3-5-16(24)23(14)33-19)18(12-21(20)31-2)32-9-8-22(27)25-34(28,29)13-6-7-13/h3-5,10-13H,6-9H2,1-2H3,(H,25,27). The molecule has 1 saturated carbocycles. The molecule has 1 aliphatic rings. The summed E-state index contributed by atoms with van der Waals surface area (Å²) in [5, 5.41) is 0.0955. The molecule has 0 atom stereocenters. The molecule has 2 aromatic carbocycles. The van der Waals surface area contributed by atoms with Gasteiger partial charge in [-0.15, -0.1) is 0 Å². The van der Waals surface area contributed by atoms with Gasteiger partial charge in [-0.1, -0.05) is 17.7 Å². The molecule has 1 aromatic heterocycles. The van der Waals surface area contributed by atoms with E-state index in [4.69, 9.17) is 30.2 Å². The number of para-hydroxylation sites is 1. The Hall–Kier alpha value is -3.24. The molecule has 180 valence electrons. The van der Waals surface area contributed by atoms with Gasteiger partial charge in [-0.05, 0) is 31.0 Å². The third-order valence-corrected chi connectivity index (χ3v) is 7.42. The van der Waals surface area contributed by atoms with Crippen LogP contribution in [0.1, 0.15) is 19.3 Å². The van der Waals surface area contributed by atoms with Crippen molar-refractivity contribution in [3.8, 4) is 28.6 Å². The van der Waals surface area contributed by atoms with Crippen molar-refractivity contribution < 1.29 is 31.8 Å². The molecule has 1 aliphatic carbocycles. The van der Waals surface area contributed by atoms with Gasteiger partial charge < -0.3 is 18.6 Å². The molecule has 11 heteroatoms. The number of rotatable bonds is 9. The summed E-state index contributed by atoms with van der Waals surface area (Å²) in [6.45, 7) is -0.132. The number of fused-ring (bicyclic) bond motifs is 1. The van der Waals surface area contributed by atoms with E-state index in [2.05, 4.69) is 4.72 Å². The lowest BCUT2D eigenvalue weighted by atomic mass is 10.1. The van der Waals surface area contributed by atoms with Crippen LogP contribution >= 0.6 is 11.6 Å². The summed E-state index contributed by atoms with van der Waals surface area (Å²) in [7, 11) is -0.725. The minimum absolute atomic E-state index is 0.132. The van der Waals surface area contributed by atoms with Crippen LogP contribution in [-0.2, 0) is 14.8 Å². The maximum absolute atomic E-state index is 12.7. The van der Waals surface area contributed by atoms with Crippen molar-refractivity contribution in [1.29, 1.82) is 0 Å². The van der Waals surface area contributed by atoms with Gasteiger partial charge in [0.15, 0.2) is 22.5 Å². The second-order valence-electron chi connectivity index (χ2n) is 7.66. The van der Waals surface area contributed by atoms with Crippen molar-refractivity contribution >= 4 is 38.5 Å². The van der Waals surface area contributed by atoms with Gasteiger partial charge in [-0.25, -0.2) is 8.42 Å². The monoisotopic (exact) mass is 507 g/mol. The zero-order chi connectivity index (χ0) is 24.5. The average molecular weight is 508 g/mol. The summed E-state index contributed by atoms with van der Waals surface area (Å²) in [5.74, 6) is 0.452. The highest BCUT2D eigenvalue weighted by atomic mass is 35.5. The first-order valence-corrected chi connectivity index (χ1v) is 12.3. The van der Waals surface area contributed by atoms with Crippen LogP contribution in [0.5, 0.6) is 17.2 Å². The number of hydrogen-bond donors (Lipinski definition) is 1. The molecule has 0 unspecified atom stereocenters. The van der Waals surface area contributed by atoms with Crippen molar-refractivity contribution in [2.24, 2.45) is 0 Å². The van der Waals surface area contributed by atoms with E-state index in [1.807, 2.05) is 0 Å². The molecular weight excluding hydrogens is 486 g/mol. The average Bonchev–Trinajstić information content (AvgIpc) is 3.65. The zero-order valence-electron chi connectivity index (χ0n) is 18.4. The maximum Gasteiger partial charge on any atom is 0.237 e. The molecule has 34 heavy (non-hydrogen) atoms. The number of halogens is 1. The van der Waals surface area contributed by atoms with Crippen molar-refractivity contribution in [2.45, 2.75) is 24.5 Å². The fourth-order valence-electron chi connectivity index (χ4n) is 3.37. The van der Waals surface area contributed by atoms with E-state index >= 15 is 0 Å². The number of methoxy groups -OCH3 is 2. The van der Waals surface area contributed by atoms with Crippen molar-refractivity contribution in [1.82, 2.24) is 4.72 Å². The summed E-state index contributed by atoms with van der Waals surface area (Å²) in [6, 6.07) is 9.28. The van der Waals surface area contributed by atoms with Gasteiger partial charge >= 0.3 is 0 Å². The Bertz CT molecular complexity index is 1410. The van der Waals surface area contributed by atoms with Crippen LogP contribution in [0.4, 0.5) is 0 Å². The Morgan fingerprint density at radius 2 is 1.82 bits per heavy atom. The van der Waals surface area contributed by atoms with Crippen molar-refractivity contribution in [3.05, 3.63) is 51.6 Å². The smallest absolute Gasteiger partial charge is 0.237 e. The molecule has 3 aromatic rings. The van der Waals surface area contributed by atoms with Gasteiger partial charge in [0.05, 0.1) is 48.5 Å². The number of carbonyl (C=O) groups is 1. The lowest BCUT2D eigenvalue weighted by molar-refractivity contribution is -0.119. The quantitative estimate of drug-likeness (QED) is 0.467. The van der Waals surface area contributed by atoms with E-state index in [9.17, 15) is 18.0 Å². The molecule has 0 saturated heterocycles. The van der Waals surface area contributed by atoms with Gasteiger partial charge in [0, 0.05) is 12.1 Å². The second kappa shape index (κ2) is 9.55. The first-order chi connectivity index (χ1) is 16.2. The lowest BCUT2D eigenvalue weighted by Gasteiger charge is -2.16. The Labute approximate surface area is 200 Å². The third-order valence-electron chi connectivity index (χ3n) is 5.26. The number of hydrogen-bond acceptors (Lipinski definition) is 8. The van der Waals surface area contributed by atoms with Gasteiger partial charge in [0.25, 0.3) is 0 Å². The normalized spacial score (nSPS) is 13.5. The van der Waals surface area contributed by atoms with Gasteiger partial charge in [-0.2, -0.15) is 0 Å². The summed E-state index contributed by atoms with van der Waals surface area (Å²) in [5.41, 5.74) is 0.281. The van der Waals surface area contributed by atoms with E-state index in [-0.39, 0.29) is 40.6 Å². The first-order valence-electron chi connectivity index (χ1n) is 10.4. The molecule has 9 nitrogen and oxygen atoms in total. The van der Waals surface area contributed by atoms with E-state index in [0.29, 0.717) is 35.3 Å². The van der Waals surface area contributed by atoms with E-state index in [0.717, 1.165) is 0 Å². The van der Waals surface area contributed by atoms with Crippen LogP contribution < -0.4 is 24.4 Å². The highest BCUT2D eigenvalue weighted by Gasteiger charge is 2.36. The molecule has 4 rings (SSSR count). The van der Waals surface area contributed by atoms with Crippen LogP contribution in [0.3, 0.4) is 0 Å². The summed E-state index contributed by atoms with van der Waals surface area (Å²) >= 11 is 6.23. The molecule has 0 radical (unpaired) electrons. The summed E-state index contributed by atoms with van der Waals surface area (Å²) < 4.78 is 48.4. The fraction of sp³-hybridized carbons (Fsp3) is 0.304. The molecule has 1 heterocycles. The maximum atomic E-state index is 12.7. The molecule has 0 spiro atoms. The third kappa shape index (κ3) is 4.97. The van der Waals surface area contributed by atoms with Crippen LogP contribution in [0.15, 0.2) is 45.6 Å². The van der Waals surface area contributed by atoms with E-state index < -0.39 is 21.2 Å². The Kier molecular flexibility index (Phi) is 6.72. The lowest BCUT2D eigenvalue weighted by Crippen LogP contribution is -2.33.